The van der Waals surface area contributed by atoms with Gasteiger partial charge in [-0.1, -0.05) is 62.7 Å². The minimum absolute atomic E-state index is 0.0251. The number of rotatable bonds is 10. The Labute approximate surface area is 172 Å². The summed E-state index contributed by atoms with van der Waals surface area (Å²) in [5, 5.41) is 2.95. The molecule has 5 heteroatoms. The maximum atomic E-state index is 12.8. The van der Waals surface area contributed by atoms with E-state index in [-0.39, 0.29) is 17.6 Å². The zero-order chi connectivity index (χ0) is 20.6. The van der Waals surface area contributed by atoms with E-state index in [1.165, 1.54) is 0 Å². The highest BCUT2D eigenvalue weighted by molar-refractivity contribution is 5.96. The molecule has 0 radical (unpaired) electrons. The van der Waals surface area contributed by atoms with Gasteiger partial charge in [-0.3, -0.25) is 9.59 Å². The molecule has 0 aliphatic carbocycles. The largest absolute Gasteiger partial charge is 0.356 e. The smallest absolute Gasteiger partial charge is 0.222 e. The SMILES string of the molecule is CC(C)C(=O)NCCCCCc1nc2ccccc2n1CC(=O)c1ccccc1. The average Bonchev–Trinajstić information content (AvgIpc) is 3.08. The highest BCUT2D eigenvalue weighted by Gasteiger charge is 2.14. The van der Waals surface area contributed by atoms with Crippen molar-refractivity contribution in [3.8, 4) is 0 Å². The summed E-state index contributed by atoms with van der Waals surface area (Å²) >= 11 is 0. The minimum atomic E-state index is 0.0251. The Hall–Kier alpha value is -2.95. The van der Waals surface area contributed by atoms with Crippen LogP contribution in [0.3, 0.4) is 0 Å². The summed E-state index contributed by atoms with van der Waals surface area (Å²) in [7, 11) is 0. The number of unbranched alkanes of at least 4 members (excludes halogenated alkanes) is 2. The van der Waals surface area contributed by atoms with Crippen LogP contribution in [0.15, 0.2) is 54.6 Å². The number of aryl methyl sites for hydroxylation is 1. The number of fused-ring (bicyclic) bond motifs is 1. The number of aromatic nitrogens is 2. The molecule has 2 aromatic carbocycles. The van der Waals surface area contributed by atoms with Gasteiger partial charge in [-0.05, 0) is 25.0 Å². The minimum Gasteiger partial charge on any atom is -0.356 e. The molecule has 0 spiro atoms. The van der Waals surface area contributed by atoms with E-state index in [4.69, 9.17) is 4.98 Å². The first-order valence-corrected chi connectivity index (χ1v) is 10.4. The molecule has 0 saturated heterocycles. The standard InChI is InChI=1S/C24H29N3O2/c1-18(2)24(29)25-16-10-4-7-15-23-26-20-13-8-9-14-21(20)27(23)17-22(28)19-11-5-3-6-12-19/h3,5-6,8-9,11-14,18H,4,7,10,15-17H2,1-2H3,(H,25,29). The Kier molecular flexibility index (Phi) is 7.17. The number of imidazole rings is 1. The van der Waals surface area contributed by atoms with E-state index in [2.05, 4.69) is 5.32 Å². The number of hydrogen-bond donors (Lipinski definition) is 1. The molecule has 3 aromatic rings. The third kappa shape index (κ3) is 5.53. The number of amides is 1. The van der Waals surface area contributed by atoms with Gasteiger partial charge >= 0.3 is 0 Å². The number of carbonyl (C=O) groups excluding carboxylic acids is 2. The first kappa shape index (κ1) is 20.8. The molecular formula is C24H29N3O2. The van der Waals surface area contributed by atoms with Crippen LogP contribution in [0.5, 0.6) is 0 Å². The number of nitrogens with one attached hydrogen (secondary N) is 1. The normalized spacial score (nSPS) is 11.1. The summed E-state index contributed by atoms with van der Waals surface area (Å²) in [6, 6.07) is 17.4. The van der Waals surface area contributed by atoms with Gasteiger partial charge in [-0.2, -0.15) is 0 Å². The Morgan fingerprint density at radius 3 is 2.45 bits per heavy atom. The zero-order valence-corrected chi connectivity index (χ0v) is 17.2. The van der Waals surface area contributed by atoms with Crippen molar-refractivity contribution in [2.24, 2.45) is 5.92 Å². The van der Waals surface area contributed by atoms with Crippen LogP contribution >= 0.6 is 0 Å². The van der Waals surface area contributed by atoms with Crippen LogP contribution in [0.25, 0.3) is 11.0 Å². The van der Waals surface area contributed by atoms with Crippen molar-refractivity contribution in [1.82, 2.24) is 14.9 Å². The van der Waals surface area contributed by atoms with Gasteiger partial charge < -0.3 is 9.88 Å². The monoisotopic (exact) mass is 391 g/mol. The van der Waals surface area contributed by atoms with Gasteiger partial charge in [0.25, 0.3) is 0 Å². The molecule has 0 aliphatic heterocycles. The van der Waals surface area contributed by atoms with Crippen molar-refractivity contribution >= 4 is 22.7 Å². The summed E-state index contributed by atoms with van der Waals surface area (Å²) in [5.41, 5.74) is 2.64. The van der Waals surface area contributed by atoms with E-state index in [0.717, 1.165) is 48.1 Å². The molecule has 0 saturated carbocycles. The second kappa shape index (κ2) is 10.0. The molecule has 1 amide bonds. The van der Waals surface area contributed by atoms with E-state index in [1.807, 2.05) is 73.0 Å². The number of benzene rings is 2. The van der Waals surface area contributed by atoms with Gasteiger partial charge in [-0.25, -0.2) is 4.98 Å². The molecule has 29 heavy (non-hydrogen) atoms. The van der Waals surface area contributed by atoms with Crippen molar-refractivity contribution in [1.29, 1.82) is 0 Å². The van der Waals surface area contributed by atoms with Crippen LogP contribution < -0.4 is 5.32 Å². The summed E-state index contributed by atoms with van der Waals surface area (Å²) in [4.78, 5) is 29.1. The first-order valence-electron chi connectivity index (χ1n) is 10.4. The number of para-hydroxylation sites is 2. The molecule has 1 heterocycles. The molecular weight excluding hydrogens is 362 g/mol. The Morgan fingerprint density at radius 1 is 0.966 bits per heavy atom. The molecule has 0 aliphatic rings. The summed E-state index contributed by atoms with van der Waals surface area (Å²) in [6.45, 7) is 4.80. The van der Waals surface area contributed by atoms with Gasteiger partial charge in [0.1, 0.15) is 5.82 Å². The molecule has 1 N–H and O–H groups in total. The predicted octanol–water partition coefficient (Wildman–Crippen LogP) is 4.40. The Bertz CT molecular complexity index is 961. The van der Waals surface area contributed by atoms with E-state index in [1.54, 1.807) is 0 Å². The average molecular weight is 392 g/mol. The van der Waals surface area contributed by atoms with Crippen LogP contribution in [0.4, 0.5) is 0 Å². The van der Waals surface area contributed by atoms with Gasteiger partial charge in [0.05, 0.1) is 17.6 Å². The molecule has 0 atom stereocenters. The lowest BCUT2D eigenvalue weighted by Crippen LogP contribution is -2.28. The van der Waals surface area contributed by atoms with Crippen LogP contribution in [-0.4, -0.2) is 27.8 Å². The summed E-state index contributed by atoms with van der Waals surface area (Å²) in [5.74, 6) is 1.16. The number of Topliss-reactive ketones (excluding diaryl/α,β-unsaturated/α-hetero) is 1. The fraction of sp³-hybridized carbons (Fsp3) is 0.375. The second-order valence-electron chi connectivity index (χ2n) is 7.65. The van der Waals surface area contributed by atoms with Crippen molar-refractivity contribution in [2.75, 3.05) is 6.54 Å². The van der Waals surface area contributed by atoms with Crippen molar-refractivity contribution < 1.29 is 9.59 Å². The van der Waals surface area contributed by atoms with Crippen LogP contribution in [-0.2, 0) is 17.8 Å². The van der Waals surface area contributed by atoms with Crippen LogP contribution in [0, 0.1) is 5.92 Å². The summed E-state index contributed by atoms with van der Waals surface area (Å²) < 4.78 is 2.05. The van der Waals surface area contributed by atoms with Crippen LogP contribution in [0.2, 0.25) is 0 Å². The number of carbonyl (C=O) groups is 2. The quantitative estimate of drug-likeness (QED) is 0.411. The lowest BCUT2D eigenvalue weighted by Gasteiger charge is -2.10. The van der Waals surface area contributed by atoms with E-state index >= 15 is 0 Å². The third-order valence-corrected chi connectivity index (χ3v) is 5.03. The Morgan fingerprint density at radius 2 is 1.69 bits per heavy atom. The molecule has 152 valence electrons. The molecule has 1 aromatic heterocycles. The van der Waals surface area contributed by atoms with Crippen molar-refractivity contribution in [2.45, 2.75) is 46.1 Å². The highest BCUT2D eigenvalue weighted by Crippen LogP contribution is 2.19. The fourth-order valence-corrected chi connectivity index (χ4v) is 3.35. The molecule has 0 fully saturated rings. The second-order valence-corrected chi connectivity index (χ2v) is 7.65. The van der Waals surface area contributed by atoms with E-state index in [0.29, 0.717) is 13.1 Å². The molecule has 0 unspecified atom stereocenters. The number of nitrogens with zero attached hydrogens (tertiary/aromatic N) is 2. The van der Waals surface area contributed by atoms with Crippen molar-refractivity contribution in [3.05, 3.63) is 66.0 Å². The molecule has 0 bridgehead atoms. The van der Waals surface area contributed by atoms with E-state index in [9.17, 15) is 9.59 Å². The zero-order valence-electron chi connectivity index (χ0n) is 17.2. The number of hydrogen-bond acceptors (Lipinski definition) is 3. The maximum absolute atomic E-state index is 12.8. The Balaban J connectivity index is 1.63. The van der Waals surface area contributed by atoms with Crippen molar-refractivity contribution in [3.63, 3.8) is 0 Å². The van der Waals surface area contributed by atoms with Gasteiger partial charge in [0.15, 0.2) is 5.78 Å². The highest BCUT2D eigenvalue weighted by atomic mass is 16.1. The lowest BCUT2D eigenvalue weighted by molar-refractivity contribution is -0.123. The van der Waals surface area contributed by atoms with Gasteiger partial charge in [0.2, 0.25) is 5.91 Å². The van der Waals surface area contributed by atoms with Crippen LogP contribution in [0.1, 0.15) is 49.3 Å². The fourth-order valence-electron chi connectivity index (χ4n) is 3.35. The lowest BCUT2D eigenvalue weighted by atomic mass is 10.1. The first-order chi connectivity index (χ1) is 14.1. The van der Waals surface area contributed by atoms with Gasteiger partial charge in [-0.15, -0.1) is 0 Å². The predicted molar refractivity (Wildman–Crippen MR) is 116 cm³/mol. The third-order valence-electron chi connectivity index (χ3n) is 5.03. The summed E-state index contributed by atoms with van der Waals surface area (Å²) in [6.07, 6.45) is 3.74. The molecule has 3 rings (SSSR count). The maximum Gasteiger partial charge on any atom is 0.222 e. The number of ketones is 1. The van der Waals surface area contributed by atoms with Gasteiger partial charge in [0, 0.05) is 24.4 Å². The molecule has 5 nitrogen and oxygen atoms in total. The topological polar surface area (TPSA) is 64.0 Å². The van der Waals surface area contributed by atoms with E-state index < -0.39 is 0 Å².